The third-order valence-electron chi connectivity index (χ3n) is 3.65. The third-order valence-corrected chi connectivity index (χ3v) is 3.87. The number of pyridine rings is 1. The van der Waals surface area contributed by atoms with E-state index in [0.717, 1.165) is 16.8 Å². The Labute approximate surface area is 121 Å². The van der Waals surface area contributed by atoms with Crippen molar-refractivity contribution in [3.8, 4) is 0 Å². The maximum absolute atomic E-state index is 12.6. The number of hydrogen-bond acceptors (Lipinski definition) is 2. The summed E-state index contributed by atoms with van der Waals surface area (Å²) in [5, 5.41) is 9.86. The Morgan fingerprint density at radius 1 is 1.35 bits per heavy atom. The summed E-state index contributed by atoms with van der Waals surface area (Å²) in [5.74, 6) is -0.908. The van der Waals surface area contributed by atoms with Crippen LogP contribution in [-0.4, -0.2) is 15.6 Å². The van der Waals surface area contributed by atoms with E-state index in [1.807, 2.05) is 31.5 Å². The Balaban J connectivity index is 2.79. The monoisotopic (exact) mass is 293 g/mol. The first-order valence-corrected chi connectivity index (χ1v) is 6.71. The van der Waals surface area contributed by atoms with Gasteiger partial charge in [-0.2, -0.15) is 0 Å². The molecule has 0 aliphatic rings. The Morgan fingerprint density at radius 3 is 2.60 bits per heavy atom. The van der Waals surface area contributed by atoms with Gasteiger partial charge in [0.25, 0.3) is 0 Å². The van der Waals surface area contributed by atoms with Crippen LogP contribution in [0.25, 0.3) is 10.9 Å². The van der Waals surface area contributed by atoms with Gasteiger partial charge in [-0.25, -0.2) is 0 Å². The van der Waals surface area contributed by atoms with Crippen molar-refractivity contribution in [2.45, 2.75) is 26.7 Å². The van der Waals surface area contributed by atoms with E-state index in [0.29, 0.717) is 16.0 Å². The molecule has 1 aromatic carbocycles. The van der Waals surface area contributed by atoms with Gasteiger partial charge in [-0.05, 0) is 38.0 Å². The predicted octanol–water partition coefficient (Wildman–Crippen LogP) is 2.83. The fraction of sp³-hybridized carbons (Fsp3) is 0.333. The molecule has 0 radical (unpaired) electrons. The highest BCUT2D eigenvalue weighted by Gasteiger charge is 2.15. The number of carboxylic acids is 1. The highest BCUT2D eigenvalue weighted by atomic mass is 35.5. The van der Waals surface area contributed by atoms with Crippen molar-refractivity contribution in [1.82, 2.24) is 4.57 Å². The van der Waals surface area contributed by atoms with Crippen LogP contribution in [0.3, 0.4) is 0 Å². The normalized spacial score (nSPS) is 11.0. The van der Waals surface area contributed by atoms with Crippen LogP contribution in [0.2, 0.25) is 5.02 Å². The molecule has 20 heavy (non-hydrogen) atoms. The van der Waals surface area contributed by atoms with Crippen molar-refractivity contribution in [1.29, 1.82) is 0 Å². The standard InChI is InChI=1S/C15H16ClNO3/c1-8-6-10(16)7-12-14(8)17(3)9(2)11(15(12)20)4-5-13(18)19/h6-7H,4-5H2,1-3H3,(H,18,19). The van der Waals surface area contributed by atoms with Crippen LogP contribution in [0.1, 0.15) is 23.2 Å². The lowest BCUT2D eigenvalue weighted by Crippen LogP contribution is -2.19. The molecule has 0 atom stereocenters. The second-order valence-electron chi connectivity index (χ2n) is 4.96. The lowest BCUT2D eigenvalue weighted by atomic mass is 10.0. The lowest BCUT2D eigenvalue weighted by molar-refractivity contribution is -0.136. The number of nitrogens with zero attached hydrogens (tertiary/aromatic N) is 1. The third kappa shape index (κ3) is 2.43. The van der Waals surface area contributed by atoms with Crippen LogP contribution in [0.5, 0.6) is 0 Å². The van der Waals surface area contributed by atoms with Crippen molar-refractivity contribution >= 4 is 28.5 Å². The van der Waals surface area contributed by atoms with Crippen molar-refractivity contribution in [3.63, 3.8) is 0 Å². The summed E-state index contributed by atoms with van der Waals surface area (Å²) in [6.45, 7) is 3.75. The highest BCUT2D eigenvalue weighted by Crippen LogP contribution is 2.23. The first-order valence-electron chi connectivity index (χ1n) is 6.33. The van der Waals surface area contributed by atoms with Gasteiger partial charge in [-0.15, -0.1) is 0 Å². The average Bonchev–Trinajstić information content (AvgIpc) is 2.35. The second kappa shape index (κ2) is 5.29. The van der Waals surface area contributed by atoms with E-state index in [1.54, 1.807) is 6.07 Å². The summed E-state index contributed by atoms with van der Waals surface area (Å²) in [5.41, 5.74) is 3.00. The number of carboxylic acid groups (broad SMARTS) is 1. The molecule has 5 heteroatoms. The Bertz CT molecular complexity index is 762. The number of benzene rings is 1. The van der Waals surface area contributed by atoms with Crippen LogP contribution in [0.4, 0.5) is 0 Å². The number of rotatable bonds is 3. The van der Waals surface area contributed by atoms with Gasteiger partial charge in [0.2, 0.25) is 0 Å². The predicted molar refractivity (Wildman–Crippen MR) is 79.6 cm³/mol. The molecule has 106 valence electrons. The number of aliphatic carboxylic acids is 1. The molecule has 0 fully saturated rings. The molecule has 2 aromatic rings. The number of halogens is 1. The zero-order valence-corrected chi connectivity index (χ0v) is 12.4. The number of carbonyl (C=O) groups is 1. The van der Waals surface area contributed by atoms with Gasteiger partial charge >= 0.3 is 5.97 Å². The maximum atomic E-state index is 12.6. The molecule has 1 heterocycles. The van der Waals surface area contributed by atoms with Gasteiger partial charge in [0.1, 0.15) is 0 Å². The van der Waals surface area contributed by atoms with E-state index >= 15 is 0 Å². The van der Waals surface area contributed by atoms with E-state index in [9.17, 15) is 9.59 Å². The smallest absolute Gasteiger partial charge is 0.303 e. The molecule has 1 N–H and O–H groups in total. The lowest BCUT2D eigenvalue weighted by Gasteiger charge is -2.16. The molecule has 2 rings (SSSR count). The number of fused-ring (bicyclic) bond motifs is 1. The number of hydrogen-bond donors (Lipinski definition) is 1. The molecular weight excluding hydrogens is 278 g/mol. The zero-order chi connectivity index (χ0) is 15.0. The van der Waals surface area contributed by atoms with Gasteiger partial charge in [0.05, 0.1) is 5.52 Å². The molecular formula is C15H16ClNO3. The summed E-state index contributed by atoms with van der Waals surface area (Å²) in [6.07, 6.45) is 0.177. The topological polar surface area (TPSA) is 59.3 Å². The second-order valence-corrected chi connectivity index (χ2v) is 5.40. The molecule has 1 aromatic heterocycles. The summed E-state index contributed by atoms with van der Waals surface area (Å²) < 4.78 is 1.93. The van der Waals surface area contributed by atoms with Crippen LogP contribution < -0.4 is 5.43 Å². The first kappa shape index (κ1) is 14.6. The molecule has 0 bridgehead atoms. The van der Waals surface area contributed by atoms with E-state index < -0.39 is 5.97 Å². The van der Waals surface area contributed by atoms with Gasteiger partial charge in [0, 0.05) is 35.1 Å². The van der Waals surface area contributed by atoms with Crippen molar-refractivity contribution in [2.24, 2.45) is 7.05 Å². The molecule has 0 amide bonds. The molecule has 0 saturated heterocycles. The van der Waals surface area contributed by atoms with Crippen molar-refractivity contribution in [3.05, 3.63) is 44.2 Å². The Kier molecular flexibility index (Phi) is 3.86. The minimum Gasteiger partial charge on any atom is -0.481 e. The largest absolute Gasteiger partial charge is 0.481 e. The van der Waals surface area contributed by atoms with Gasteiger partial charge in [-0.3, -0.25) is 9.59 Å². The quantitative estimate of drug-likeness (QED) is 0.946. The summed E-state index contributed by atoms with van der Waals surface area (Å²) in [7, 11) is 1.88. The van der Waals surface area contributed by atoms with Crippen LogP contribution in [0, 0.1) is 13.8 Å². The maximum Gasteiger partial charge on any atom is 0.303 e. The molecule has 0 aliphatic carbocycles. The van der Waals surface area contributed by atoms with Gasteiger partial charge in [-0.1, -0.05) is 11.6 Å². The first-order chi connectivity index (χ1) is 9.32. The number of aromatic nitrogens is 1. The van der Waals surface area contributed by atoms with E-state index in [4.69, 9.17) is 16.7 Å². The van der Waals surface area contributed by atoms with Crippen molar-refractivity contribution < 1.29 is 9.90 Å². The van der Waals surface area contributed by atoms with Crippen molar-refractivity contribution in [2.75, 3.05) is 0 Å². The molecule has 0 unspecified atom stereocenters. The van der Waals surface area contributed by atoms with Gasteiger partial charge in [0.15, 0.2) is 5.43 Å². The average molecular weight is 294 g/mol. The number of aryl methyl sites for hydroxylation is 2. The van der Waals surface area contributed by atoms with E-state index in [-0.39, 0.29) is 18.3 Å². The van der Waals surface area contributed by atoms with Gasteiger partial charge < -0.3 is 9.67 Å². The minimum absolute atomic E-state index is 0.0544. The van der Waals surface area contributed by atoms with Crippen LogP contribution in [0.15, 0.2) is 16.9 Å². The minimum atomic E-state index is -0.908. The summed E-state index contributed by atoms with van der Waals surface area (Å²) in [6, 6.07) is 3.47. The Hall–Kier alpha value is -1.81. The summed E-state index contributed by atoms with van der Waals surface area (Å²) >= 11 is 6.03. The molecule has 0 saturated carbocycles. The molecule has 0 spiro atoms. The van der Waals surface area contributed by atoms with Crippen LogP contribution >= 0.6 is 11.6 Å². The molecule has 4 nitrogen and oxygen atoms in total. The molecule has 0 aliphatic heterocycles. The fourth-order valence-corrected chi connectivity index (χ4v) is 2.85. The SMILES string of the molecule is Cc1cc(Cl)cc2c(=O)c(CCC(=O)O)c(C)n(C)c12. The zero-order valence-electron chi connectivity index (χ0n) is 11.7. The fourth-order valence-electron chi connectivity index (χ4n) is 2.58. The van der Waals surface area contributed by atoms with Crippen LogP contribution in [-0.2, 0) is 18.3 Å². The Morgan fingerprint density at radius 2 is 2.00 bits per heavy atom. The van der Waals surface area contributed by atoms with E-state index in [2.05, 4.69) is 0 Å². The summed E-state index contributed by atoms with van der Waals surface area (Å²) in [4.78, 5) is 23.3. The van der Waals surface area contributed by atoms with E-state index in [1.165, 1.54) is 0 Å². The highest BCUT2D eigenvalue weighted by molar-refractivity contribution is 6.31.